The molecule has 0 radical (unpaired) electrons. The Hall–Kier alpha value is -2.20. The number of fused-ring (bicyclic) bond motifs is 1. The maximum absolute atomic E-state index is 13.0. The molecule has 2 fully saturated rings. The fraction of sp³-hybridized carbons (Fsp3) is 0.455. The van der Waals surface area contributed by atoms with Gasteiger partial charge in [0.15, 0.2) is 0 Å². The zero-order valence-corrected chi connectivity index (χ0v) is 19.1. The molecule has 0 spiro atoms. The van der Waals surface area contributed by atoms with E-state index in [1.54, 1.807) is 35.2 Å². The van der Waals surface area contributed by atoms with Crippen molar-refractivity contribution < 1.29 is 23.1 Å². The van der Waals surface area contributed by atoms with Gasteiger partial charge in [0.25, 0.3) is 0 Å². The molecule has 2 N–H and O–H groups in total. The number of rotatable bonds is 6. The van der Waals surface area contributed by atoms with Crippen LogP contribution in [0.5, 0.6) is 0 Å². The molecule has 32 heavy (non-hydrogen) atoms. The highest BCUT2D eigenvalue weighted by molar-refractivity contribution is 7.89. The SMILES string of the molecule is O=C1C(NS(=O)(=O)c2ccc3cc(Cl)ccc3c2)CCCN1CC(=O)N1CCCC1CO. The number of hydrogen-bond acceptors (Lipinski definition) is 5. The summed E-state index contributed by atoms with van der Waals surface area (Å²) in [6.45, 7) is 0.761. The molecule has 2 heterocycles. The Morgan fingerprint density at radius 2 is 1.81 bits per heavy atom. The lowest BCUT2D eigenvalue weighted by Crippen LogP contribution is -2.55. The van der Waals surface area contributed by atoms with Crippen molar-refractivity contribution in [3.05, 3.63) is 41.4 Å². The Morgan fingerprint density at radius 3 is 2.59 bits per heavy atom. The average molecular weight is 480 g/mol. The Bertz CT molecular complexity index is 1140. The predicted molar refractivity (Wildman–Crippen MR) is 121 cm³/mol. The topological polar surface area (TPSA) is 107 Å². The number of aliphatic hydroxyl groups is 1. The van der Waals surface area contributed by atoms with Gasteiger partial charge < -0.3 is 14.9 Å². The van der Waals surface area contributed by atoms with Gasteiger partial charge in [-0.05, 0) is 60.7 Å². The number of carbonyl (C=O) groups excluding carboxylic acids is 2. The first-order valence-electron chi connectivity index (χ1n) is 10.7. The monoisotopic (exact) mass is 479 g/mol. The summed E-state index contributed by atoms with van der Waals surface area (Å²) in [6.07, 6.45) is 2.53. The van der Waals surface area contributed by atoms with Gasteiger partial charge in [0.2, 0.25) is 21.8 Å². The van der Waals surface area contributed by atoms with Crippen LogP contribution in [0.2, 0.25) is 5.02 Å². The van der Waals surface area contributed by atoms with Crippen molar-refractivity contribution >= 4 is 44.2 Å². The van der Waals surface area contributed by atoms with Crippen LogP contribution in [0.3, 0.4) is 0 Å². The molecule has 0 bridgehead atoms. The highest BCUT2D eigenvalue weighted by atomic mass is 35.5. The molecule has 2 aromatic rings. The first-order valence-corrected chi connectivity index (χ1v) is 12.6. The quantitative estimate of drug-likeness (QED) is 0.656. The molecular weight excluding hydrogens is 454 g/mol. The summed E-state index contributed by atoms with van der Waals surface area (Å²) in [5.74, 6) is -0.618. The molecule has 172 valence electrons. The standard InChI is InChI=1S/C22H26ClN3O5S/c23-17-7-5-16-12-19(8-6-15(16)11-17)32(30,31)24-20-4-2-9-25(22(20)29)13-21(28)26-10-1-3-18(26)14-27/h5-8,11-12,18,20,24,27H,1-4,9-10,13-14H2. The molecule has 2 saturated heterocycles. The van der Waals surface area contributed by atoms with Gasteiger partial charge in [-0.15, -0.1) is 0 Å². The van der Waals surface area contributed by atoms with E-state index < -0.39 is 22.0 Å². The van der Waals surface area contributed by atoms with E-state index in [9.17, 15) is 23.1 Å². The Morgan fingerprint density at radius 1 is 1.09 bits per heavy atom. The van der Waals surface area contributed by atoms with Gasteiger partial charge in [0.05, 0.1) is 24.1 Å². The van der Waals surface area contributed by atoms with Gasteiger partial charge in [-0.1, -0.05) is 23.7 Å². The molecule has 2 amide bonds. The molecule has 2 aliphatic rings. The van der Waals surface area contributed by atoms with Crippen LogP contribution in [0.15, 0.2) is 41.3 Å². The molecule has 2 aromatic carbocycles. The van der Waals surface area contributed by atoms with Crippen LogP contribution in [0.1, 0.15) is 25.7 Å². The van der Waals surface area contributed by atoms with Crippen molar-refractivity contribution in [1.29, 1.82) is 0 Å². The fourth-order valence-electron chi connectivity index (χ4n) is 4.43. The summed E-state index contributed by atoms with van der Waals surface area (Å²) < 4.78 is 28.5. The van der Waals surface area contributed by atoms with E-state index in [-0.39, 0.29) is 30.0 Å². The molecule has 0 aromatic heterocycles. The summed E-state index contributed by atoms with van der Waals surface area (Å²) >= 11 is 5.99. The van der Waals surface area contributed by atoms with Crippen LogP contribution < -0.4 is 4.72 Å². The van der Waals surface area contributed by atoms with Gasteiger partial charge in [-0.2, -0.15) is 4.72 Å². The van der Waals surface area contributed by atoms with Crippen LogP contribution >= 0.6 is 11.6 Å². The Kier molecular flexibility index (Phi) is 6.71. The normalized spacial score (nSPS) is 22.0. The summed E-state index contributed by atoms with van der Waals surface area (Å²) in [5.41, 5.74) is 0. The second-order valence-corrected chi connectivity index (χ2v) is 10.4. The first-order chi connectivity index (χ1) is 15.3. The summed E-state index contributed by atoms with van der Waals surface area (Å²) in [5, 5.41) is 11.5. The van der Waals surface area contributed by atoms with Crippen molar-refractivity contribution in [2.24, 2.45) is 0 Å². The first kappa shape index (κ1) is 23.0. The third-order valence-electron chi connectivity index (χ3n) is 6.15. The van der Waals surface area contributed by atoms with E-state index in [0.29, 0.717) is 31.0 Å². The summed E-state index contributed by atoms with van der Waals surface area (Å²) in [7, 11) is -3.93. The number of aliphatic hydroxyl groups excluding tert-OH is 1. The number of amides is 2. The number of carbonyl (C=O) groups is 2. The minimum Gasteiger partial charge on any atom is -0.394 e. The lowest BCUT2D eigenvalue weighted by molar-refractivity contribution is -0.143. The van der Waals surface area contributed by atoms with Gasteiger partial charge in [-0.25, -0.2) is 8.42 Å². The van der Waals surface area contributed by atoms with Gasteiger partial charge in [0, 0.05) is 18.1 Å². The van der Waals surface area contributed by atoms with Crippen LogP contribution in [0, 0.1) is 0 Å². The highest BCUT2D eigenvalue weighted by Gasteiger charge is 2.35. The van der Waals surface area contributed by atoms with Crippen LogP contribution in [0.25, 0.3) is 10.8 Å². The number of hydrogen-bond donors (Lipinski definition) is 2. The van der Waals surface area contributed by atoms with E-state index in [2.05, 4.69) is 4.72 Å². The largest absolute Gasteiger partial charge is 0.394 e. The zero-order valence-electron chi connectivity index (χ0n) is 17.5. The van der Waals surface area contributed by atoms with Crippen molar-refractivity contribution in [1.82, 2.24) is 14.5 Å². The number of likely N-dealkylation sites (tertiary alicyclic amines) is 2. The van der Waals surface area contributed by atoms with Gasteiger partial charge in [0.1, 0.15) is 6.04 Å². The maximum Gasteiger partial charge on any atom is 0.242 e. The van der Waals surface area contributed by atoms with Gasteiger partial charge >= 0.3 is 0 Å². The van der Waals surface area contributed by atoms with Crippen LogP contribution in [-0.2, 0) is 19.6 Å². The Balaban J connectivity index is 1.46. The third kappa shape index (κ3) is 4.76. The van der Waals surface area contributed by atoms with Gasteiger partial charge in [-0.3, -0.25) is 9.59 Å². The molecule has 2 unspecified atom stereocenters. The number of piperidine rings is 1. The molecule has 10 heteroatoms. The minimum absolute atomic E-state index is 0.0659. The average Bonchev–Trinajstić information content (AvgIpc) is 3.25. The molecule has 0 saturated carbocycles. The lowest BCUT2D eigenvalue weighted by Gasteiger charge is -2.34. The fourth-order valence-corrected chi connectivity index (χ4v) is 5.87. The lowest BCUT2D eigenvalue weighted by atomic mass is 10.1. The number of nitrogens with zero attached hydrogens (tertiary/aromatic N) is 2. The van der Waals surface area contributed by atoms with E-state index in [0.717, 1.165) is 23.6 Å². The summed E-state index contributed by atoms with van der Waals surface area (Å²) in [4.78, 5) is 28.7. The smallest absolute Gasteiger partial charge is 0.242 e. The number of benzene rings is 2. The molecule has 0 aliphatic carbocycles. The Labute approximate surface area is 192 Å². The second-order valence-electron chi connectivity index (χ2n) is 8.29. The van der Waals surface area contributed by atoms with E-state index in [1.807, 2.05) is 0 Å². The number of sulfonamides is 1. The molecule has 2 aliphatic heterocycles. The molecular formula is C22H26ClN3O5S. The van der Waals surface area contributed by atoms with Crippen LogP contribution in [-0.4, -0.2) is 73.5 Å². The predicted octanol–water partition coefficient (Wildman–Crippen LogP) is 1.75. The third-order valence-corrected chi connectivity index (χ3v) is 7.85. The van der Waals surface area contributed by atoms with E-state index >= 15 is 0 Å². The maximum atomic E-state index is 13.0. The molecule has 4 rings (SSSR count). The highest BCUT2D eigenvalue weighted by Crippen LogP contribution is 2.24. The second kappa shape index (κ2) is 9.35. The van der Waals surface area contributed by atoms with Crippen molar-refractivity contribution in [2.75, 3.05) is 26.2 Å². The number of nitrogens with one attached hydrogen (secondary N) is 1. The van der Waals surface area contributed by atoms with Crippen LogP contribution in [0.4, 0.5) is 0 Å². The molecule has 2 atom stereocenters. The van der Waals surface area contributed by atoms with Crippen molar-refractivity contribution in [2.45, 2.75) is 42.7 Å². The minimum atomic E-state index is -3.93. The molecule has 8 nitrogen and oxygen atoms in total. The zero-order chi connectivity index (χ0) is 22.9. The van der Waals surface area contributed by atoms with Crippen molar-refractivity contribution in [3.63, 3.8) is 0 Å². The summed E-state index contributed by atoms with van der Waals surface area (Å²) in [6, 6.07) is 8.76. The van der Waals surface area contributed by atoms with Crippen molar-refractivity contribution in [3.8, 4) is 0 Å². The van der Waals surface area contributed by atoms with E-state index in [1.165, 1.54) is 11.0 Å². The van der Waals surface area contributed by atoms with E-state index in [4.69, 9.17) is 11.6 Å². The number of halogens is 1.